The number of aliphatic carboxylic acids is 1. The maximum Gasteiger partial charge on any atom is 0.413 e. The van der Waals surface area contributed by atoms with Gasteiger partial charge in [-0.05, 0) is 43.9 Å². The molecule has 1 atom stereocenters. The monoisotopic (exact) mass is 505 g/mol. The lowest BCUT2D eigenvalue weighted by Gasteiger charge is -2.14. The number of nitrogens with one attached hydrogen (secondary N) is 1. The van der Waals surface area contributed by atoms with E-state index in [1.807, 2.05) is 50.2 Å². The number of anilines is 1. The van der Waals surface area contributed by atoms with Crippen molar-refractivity contribution in [1.29, 1.82) is 0 Å². The molecule has 1 aliphatic carbocycles. The average Bonchev–Trinajstić information content (AvgIpc) is 3.33. The first-order valence-electron chi connectivity index (χ1n) is 11.1. The van der Waals surface area contributed by atoms with Crippen molar-refractivity contribution in [2.75, 3.05) is 5.32 Å². The third-order valence-corrected chi connectivity index (χ3v) is 8.99. The molecule has 1 amide bonds. The van der Waals surface area contributed by atoms with Crippen LogP contribution in [0.25, 0.3) is 9.40 Å². The molecule has 3 aromatic heterocycles. The minimum atomic E-state index is -0.739. The lowest BCUT2D eigenvalue weighted by Crippen LogP contribution is -2.18. The van der Waals surface area contributed by atoms with Crippen LogP contribution in [0.5, 0.6) is 0 Å². The van der Waals surface area contributed by atoms with Crippen LogP contribution in [-0.4, -0.2) is 26.9 Å². The molecule has 2 N–H and O–H groups in total. The van der Waals surface area contributed by atoms with Crippen molar-refractivity contribution in [3.8, 4) is 11.8 Å². The average molecular weight is 506 g/mol. The standard InChI is InChI=1S/C26H23N3O4S2/c1-15-19(34-20-13-21(35-22(15)20)26(11-12-26)24(30)31)10-9-18-14-27-29(3)23(18)28-25(32)33-16(2)17-7-5-4-6-8-17/h4-8,13-14,16H,11-12H2,1-3H3,(H,28,32)(H,30,31). The number of aryl methyl sites for hydroxylation is 2. The van der Waals surface area contributed by atoms with Gasteiger partial charge in [0.2, 0.25) is 0 Å². The number of nitrogens with zero attached hydrogens (tertiary/aromatic N) is 2. The number of rotatable bonds is 5. The number of carbonyl (C=O) groups is 2. The van der Waals surface area contributed by atoms with Gasteiger partial charge in [0.15, 0.2) is 0 Å². The zero-order valence-electron chi connectivity index (χ0n) is 19.4. The number of aromatic nitrogens is 2. The second-order valence-electron chi connectivity index (χ2n) is 8.61. The van der Waals surface area contributed by atoms with E-state index in [0.29, 0.717) is 24.2 Å². The topological polar surface area (TPSA) is 93.5 Å². The Bertz CT molecular complexity index is 1500. The molecule has 9 heteroatoms. The van der Waals surface area contributed by atoms with Gasteiger partial charge in [0.05, 0.1) is 16.6 Å². The fourth-order valence-corrected chi connectivity index (χ4v) is 6.61. The molecule has 0 bridgehead atoms. The minimum absolute atomic E-state index is 0.401. The van der Waals surface area contributed by atoms with Crippen molar-refractivity contribution in [2.45, 2.75) is 38.2 Å². The first-order chi connectivity index (χ1) is 16.8. The van der Waals surface area contributed by atoms with Gasteiger partial charge < -0.3 is 9.84 Å². The summed E-state index contributed by atoms with van der Waals surface area (Å²) in [5.41, 5.74) is 1.84. The third-order valence-electron chi connectivity index (χ3n) is 6.24. The van der Waals surface area contributed by atoms with E-state index in [4.69, 9.17) is 4.74 Å². The van der Waals surface area contributed by atoms with E-state index in [1.165, 1.54) is 0 Å². The van der Waals surface area contributed by atoms with Crippen LogP contribution < -0.4 is 5.32 Å². The molecule has 1 aliphatic rings. The molecule has 1 unspecified atom stereocenters. The van der Waals surface area contributed by atoms with Crippen LogP contribution in [0.2, 0.25) is 0 Å². The number of carboxylic acids is 1. The van der Waals surface area contributed by atoms with Crippen molar-refractivity contribution in [2.24, 2.45) is 7.05 Å². The first-order valence-corrected chi connectivity index (χ1v) is 12.8. The summed E-state index contributed by atoms with van der Waals surface area (Å²) in [6.07, 6.45) is 2.02. The normalized spacial score (nSPS) is 14.7. The van der Waals surface area contributed by atoms with E-state index in [0.717, 1.165) is 30.3 Å². The van der Waals surface area contributed by atoms with Crippen LogP contribution in [0.3, 0.4) is 0 Å². The molecule has 7 nitrogen and oxygen atoms in total. The number of fused-ring (bicyclic) bond motifs is 1. The number of thiophene rings is 2. The number of carboxylic acid groups (broad SMARTS) is 1. The number of amides is 1. The van der Waals surface area contributed by atoms with Crippen molar-refractivity contribution in [3.05, 3.63) is 69.0 Å². The van der Waals surface area contributed by atoms with E-state index in [2.05, 4.69) is 22.3 Å². The van der Waals surface area contributed by atoms with Crippen LogP contribution in [0.4, 0.5) is 10.6 Å². The molecule has 4 aromatic rings. The quantitative estimate of drug-likeness (QED) is 0.333. The second kappa shape index (κ2) is 8.87. The Labute approximate surface area is 210 Å². The molecule has 0 spiro atoms. The van der Waals surface area contributed by atoms with Crippen LogP contribution in [-0.2, 0) is 22.0 Å². The smallest absolute Gasteiger partial charge is 0.413 e. The van der Waals surface area contributed by atoms with Crippen molar-refractivity contribution >= 4 is 50.0 Å². The predicted octanol–water partition coefficient (Wildman–Crippen LogP) is 5.83. The molecule has 1 saturated carbocycles. The van der Waals surface area contributed by atoms with Crippen LogP contribution in [0.1, 0.15) is 52.3 Å². The molecule has 0 aliphatic heterocycles. The van der Waals surface area contributed by atoms with Gasteiger partial charge in [0.1, 0.15) is 17.3 Å². The summed E-state index contributed by atoms with van der Waals surface area (Å²) >= 11 is 3.11. The number of carbonyl (C=O) groups excluding carboxylic acids is 1. The van der Waals surface area contributed by atoms with Gasteiger partial charge >= 0.3 is 12.1 Å². The summed E-state index contributed by atoms with van der Waals surface area (Å²) in [7, 11) is 1.73. The van der Waals surface area contributed by atoms with Crippen molar-refractivity contribution < 1.29 is 19.4 Å². The number of hydrogen-bond donors (Lipinski definition) is 2. The largest absolute Gasteiger partial charge is 0.481 e. The summed E-state index contributed by atoms with van der Waals surface area (Å²) in [4.78, 5) is 26.0. The van der Waals surface area contributed by atoms with Gasteiger partial charge in [0, 0.05) is 21.3 Å². The Morgan fingerprint density at radius 2 is 1.97 bits per heavy atom. The Morgan fingerprint density at radius 3 is 2.63 bits per heavy atom. The first kappa shape index (κ1) is 23.1. The summed E-state index contributed by atoms with van der Waals surface area (Å²) < 4.78 is 9.21. The van der Waals surface area contributed by atoms with Gasteiger partial charge in [-0.15, -0.1) is 22.7 Å². The molecule has 3 heterocycles. The molecule has 1 aromatic carbocycles. The van der Waals surface area contributed by atoms with Gasteiger partial charge in [-0.25, -0.2) is 4.79 Å². The highest BCUT2D eigenvalue weighted by molar-refractivity contribution is 7.28. The zero-order chi connectivity index (χ0) is 24.7. The molecular formula is C26H23N3O4S2. The van der Waals surface area contributed by atoms with Crippen molar-refractivity contribution in [3.63, 3.8) is 0 Å². The second-order valence-corrected chi connectivity index (χ2v) is 10.7. The Morgan fingerprint density at radius 1 is 1.23 bits per heavy atom. The molecule has 35 heavy (non-hydrogen) atoms. The Hall–Kier alpha value is -3.61. The van der Waals surface area contributed by atoms with E-state index >= 15 is 0 Å². The van der Waals surface area contributed by atoms with Crippen LogP contribution in [0, 0.1) is 18.8 Å². The summed E-state index contributed by atoms with van der Waals surface area (Å²) in [5, 5.41) is 16.6. The highest BCUT2D eigenvalue weighted by Gasteiger charge is 2.53. The maximum atomic E-state index is 12.5. The summed E-state index contributed by atoms with van der Waals surface area (Å²) in [5.74, 6) is 6.05. The van der Waals surface area contributed by atoms with E-state index in [-0.39, 0.29) is 0 Å². The summed E-state index contributed by atoms with van der Waals surface area (Å²) in [6, 6.07) is 11.5. The van der Waals surface area contributed by atoms with E-state index in [9.17, 15) is 14.7 Å². The SMILES string of the molecule is Cc1c(C#Cc2cnn(C)c2NC(=O)OC(C)c2ccccc2)sc2cc(C3(C(=O)O)CC3)sc12. The highest BCUT2D eigenvalue weighted by atomic mass is 32.1. The lowest BCUT2D eigenvalue weighted by molar-refractivity contribution is -0.139. The van der Waals surface area contributed by atoms with Crippen LogP contribution >= 0.6 is 22.7 Å². The zero-order valence-corrected chi connectivity index (χ0v) is 21.0. The number of ether oxygens (including phenoxy) is 1. The van der Waals surface area contributed by atoms with Gasteiger partial charge in [-0.2, -0.15) is 5.10 Å². The van der Waals surface area contributed by atoms with Gasteiger partial charge in [-0.1, -0.05) is 42.2 Å². The minimum Gasteiger partial charge on any atom is -0.481 e. The fourth-order valence-electron chi connectivity index (χ4n) is 3.93. The van der Waals surface area contributed by atoms with Gasteiger partial charge in [0.25, 0.3) is 0 Å². The molecular weight excluding hydrogens is 482 g/mol. The Balaban J connectivity index is 1.34. The predicted molar refractivity (Wildman–Crippen MR) is 137 cm³/mol. The number of benzene rings is 1. The maximum absolute atomic E-state index is 12.5. The summed E-state index contributed by atoms with van der Waals surface area (Å²) in [6.45, 7) is 3.82. The molecule has 178 valence electrons. The molecule has 1 fully saturated rings. The molecule has 0 radical (unpaired) electrons. The fraction of sp³-hybridized carbons (Fsp3) is 0.269. The van der Waals surface area contributed by atoms with Gasteiger partial charge in [-0.3, -0.25) is 14.8 Å². The Kier molecular flexibility index (Phi) is 5.87. The third kappa shape index (κ3) is 4.31. The lowest BCUT2D eigenvalue weighted by atomic mass is 10.1. The molecule has 0 saturated heterocycles. The van der Waals surface area contributed by atoms with Crippen LogP contribution in [0.15, 0.2) is 42.6 Å². The van der Waals surface area contributed by atoms with E-state index in [1.54, 1.807) is 40.6 Å². The van der Waals surface area contributed by atoms with E-state index < -0.39 is 23.6 Å². The highest BCUT2D eigenvalue weighted by Crippen LogP contribution is 2.53. The van der Waals surface area contributed by atoms with Crippen molar-refractivity contribution in [1.82, 2.24) is 9.78 Å². The number of hydrogen-bond acceptors (Lipinski definition) is 6. The molecule has 5 rings (SSSR count).